The van der Waals surface area contributed by atoms with Crippen molar-refractivity contribution in [3.8, 4) is 22.4 Å². The summed E-state index contributed by atoms with van der Waals surface area (Å²) in [4.78, 5) is 30.8. The van der Waals surface area contributed by atoms with Crippen molar-refractivity contribution in [3.63, 3.8) is 0 Å². The number of rotatable bonds is 7. The van der Waals surface area contributed by atoms with Crippen LogP contribution in [0.2, 0.25) is 0 Å². The lowest BCUT2D eigenvalue weighted by atomic mass is 10.0. The summed E-state index contributed by atoms with van der Waals surface area (Å²) in [6.07, 6.45) is 0.950. The molecule has 1 heterocycles. The Morgan fingerprint density at radius 3 is 2.14 bits per heavy atom. The van der Waals surface area contributed by atoms with Crippen LogP contribution in [0.5, 0.6) is 0 Å². The molecule has 4 heteroatoms. The van der Waals surface area contributed by atoms with Gasteiger partial charge in [0, 0.05) is 16.5 Å². The van der Waals surface area contributed by atoms with E-state index in [4.69, 9.17) is 9.72 Å². The molecule has 0 fully saturated rings. The topological polar surface area (TPSA) is 56.3 Å². The van der Waals surface area contributed by atoms with Crippen LogP contribution in [0.1, 0.15) is 38.8 Å². The van der Waals surface area contributed by atoms with Crippen molar-refractivity contribution in [2.24, 2.45) is 0 Å². The Morgan fingerprint density at radius 2 is 1.43 bits per heavy atom. The highest BCUT2D eigenvalue weighted by Crippen LogP contribution is 2.27. The zero-order chi connectivity index (χ0) is 25.8. The lowest BCUT2D eigenvalue weighted by Crippen LogP contribution is -2.15. The van der Waals surface area contributed by atoms with Crippen LogP contribution in [-0.2, 0) is 11.2 Å². The van der Waals surface area contributed by atoms with Crippen LogP contribution in [-0.4, -0.2) is 23.3 Å². The van der Waals surface area contributed by atoms with Gasteiger partial charge in [-0.15, -0.1) is 0 Å². The first-order valence-electron chi connectivity index (χ1n) is 12.4. The Hall–Kier alpha value is -4.57. The number of hydrogen-bond donors (Lipinski definition) is 0. The van der Waals surface area contributed by atoms with Gasteiger partial charge in [-0.25, -0.2) is 9.78 Å². The van der Waals surface area contributed by atoms with Gasteiger partial charge in [-0.1, -0.05) is 97.4 Å². The van der Waals surface area contributed by atoms with E-state index in [1.165, 1.54) is 5.56 Å². The molecule has 0 unspecified atom stereocenters. The van der Waals surface area contributed by atoms with Gasteiger partial charge in [-0.3, -0.25) is 4.79 Å². The Bertz CT molecular complexity index is 1570. The van der Waals surface area contributed by atoms with Crippen LogP contribution in [0.4, 0.5) is 0 Å². The average molecular weight is 486 g/mol. The highest BCUT2D eigenvalue weighted by molar-refractivity contribution is 6.06. The highest BCUT2D eigenvalue weighted by Gasteiger charge is 2.18. The van der Waals surface area contributed by atoms with Crippen LogP contribution in [0.15, 0.2) is 103 Å². The van der Waals surface area contributed by atoms with Crippen LogP contribution >= 0.6 is 0 Å². The van der Waals surface area contributed by atoms with Crippen molar-refractivity contribution in [1.29, 1.82) is 0 Å². The summed E-state index contributed by atoms with van der Waals surface area (Å²) in [5, 5.41) is 0.707. The maximum atomic E-state index is 13.2. The molecule has 0 aliphatic carbocycles. The fourth-order valence-corrected chi connectivity index (χ4v) is 4.34. The van der Waals surface area contributed by atoms with Gasteiger partial charge in [0.05, 0.1) is 16.8 Å². The average Bonchev–Trinajstić information content (AvgIpc) is 2.95. The summed E-state index contributed by atoms with van der Waals surface area (Å²) in [6.45, 7) is 3.74. The van der Waals surface area contributed by atoms with Gasteiger partial charge >= 0.3 is 5.97 Å². The van der Waals surface area contributed by atoms with E-state index in [0.717, 1.165) is 28.7 Å². The summed E-state index contributed by atoms with van der Waals surface area (Å²) in [5.74, 6) is -0.795. The van der Waals surface area contributed by atoms with Gasteiger partial charge in [0.1, 0.15) is 0 Å². The molecule has 0 aliphatic rings. The molecule has 4 nitrogen and oxygen atoms in total. The van der Waals surface area contributed by atoms with Gasteiger partial charge in [0.25, 0.3) is 0 Å². The number of carbonyl (C=O) groups is 2. The van der Waals surface area contributed by atoms with Crippen molar-refractivity contribution in [1.82, 2.24) is 4.98 Å². The second kappa shape index (κ2) is 10.6. The Kier molecular flexibility index (Phi) is 6.91. The molecule has 1 aromatic heterocycles. The maximum absolute atomic E-state index is 13.2. The molecule has 0 bridgehead atoms. The molecule has 0 amide bonds. The van der Waals surface area contributed by atoms with Crippen molar-refractivity contribution in [2.45, 2.75) is 20.3 Å². The van der Waals surface area contributed by atoms with Gasteiger partial charge < -0.3 is 4.74 Å². The molecule has 0 saturated carbocycles. The van der Waals surface area contributed by atoms with E-state index in [1.54, 1.807) is 18.2 Å². The lowest BCUT2D eigenvalue weighted by Gasteiger charge is -2.11. The number of carbonyl (C=O) groups excluding carboxylic acids is 2. The molecule has 5 rings (SSSR count). The predicted molar refractivity (Wildman–Crippen MR) is 148 cm³/mol. The first-order valence-corrected chi connectivity index (χ1v) is 12.4. The third-order valence-corrected chi connectivity index (χ3v) is 6.49. The van der Waals surface area contributed by atoms with Crippen LogP contribution in [0.25, 0.3) is 33.3 Å². The van der Waals surface area contributed by atoms with E-state index in [-0.39, 0.29) is 12.4 Å². The largest absolute Gasteiger partial charge is 0.454 e. The second-order valence-corrected chi connectivity index (χ2v) is 9.07. The lowest BCUT2D eigenvalue weighted by molar-refractivity contribution is 0.0476. The highest BCUT2D eigenvalue weighted by atomic mass is 16.5. The zero-order valence-electron chi connectivity index (χ0n) is 20.9. The predicted octanol–water partition coefficient (Wildman–Crippen LogP) is 7.48. The number of aromatic nitrogens is 1. The Labute approximate surface area is 216 Å². The maximum Gasteiger partial charge on any atom is 0.339 e. The number of Topliss-reactive ketones (excluding diaryl/α,β-unsaturated/α-hetero) is 1. The molecule has 0 N–H and O–H groups in total. The van der Waals surface area contributed by atoms with E-state index in [9.17, 15) is 9.59 Å². The number of fused-ring (bicyclic) bond motifs is 1. The van der Waals surface area contributed by atoms with Gasteiger partial charge in [0.15, 0.2) is 12.4 Å². The van der Waals surface area contributed by atoms with Crippen LogP contribution in [0, 0.1) is 6.92 Å². The molecule has 0 radical (unpaired) electrons. The van der Waals surface area contributed by atoms with Gasteiger partial charge in [-0.2, -0.15) is 0 Å². The van der Waals surface area contributed by atoms with E-state index in [2.05, 4.69) is 19.1 Å². The first kappa shape index (κ1) is 24.1. The molecular weight excluding hydrogens is 458 g/mol. The molecule has 37 heavy (non-hydrogen) atoms. The number of nitrogens with zero attached hydrogens (tertiary/aromatic N) is 1. The normalized spacial score (nSPS) is 10.9. The standard InChI is InChI=1S/C33H27NO3/c1-3-23-10-12-26(13-11-23)31-20-29(28-19-22(2)9-18-30(28)34-31)33(36)37-21-32(35)27-16-14-25(15-17-27)24-7-5-4-6-8-24/h4-20H,3,21H2,1-2H3. The molecule has 0 spiro atoms. The minimum atomic E-state index is -0.543. The second-order valence-electron chi connectivity index (χ2n) is 9.07. The summed E-state index contributed by atoms with van der Waals surface area (Å²) in [5.41, 5.74) is 7.55. The monoisotopic (exact) mass is 485 g/mol. The van der Waals surface area contributed by atoms with Crippen molar-refractivity contribution in [2.75, 3.05) is 6.61 Å². The molecule has 182 valence electrons. The minimum Gasteiger partial charge on any atom is -0.454 e. The Morgan fingerprint density at radius 1 is 0.757 bits per heavy atom. The third-order valence-electron chi connectivity index (χ3n) is 6.49. The molecular formula is C33H27NO3. The SMILES string of the molecule is CCc1ccc(-c2cc(C(=O)OCC(=O)c3ccc(-c4ccccc4)cc3)c3cc(C)ccc3n2)cc1. The van der Waals surface area contributed by atoms with Crippen molar-refractivity contribution < 1.29 is 14.3 Å². The van der Waals surface area contributed by atoms with E-state index in [0.29, 0.717) is 27.7 Å². The van der Waals surface area contributed by atoms with E-state index >= 15 is 0 Å². The molecule has 4 aromatic carbocycles. The van der Waals surface area contributed by atoms with Crippen molar-refractivity contribution in [3.05, 3.63) is 125 Å². The minimum absolute atomic E-state index is 0.252. The summed E-state index contributed by atoms with van der Waals surface area (Å²) in [6, 6.07) is 33.0. The summed E-state index contributed by atoms with van der Waals surface area (Å²) < 4.78 is 5.52. The van der Waals surface area contributed by atoms with Crippen LogP contribution < -0.4 is 0 Å². The van der Waals surface area contributed by atoms with E-state index < -0.39 is 5.97 Å². The van der Waals surface area contributed by atoms with Gasteiger partial charge in [0.2, 0.25) is 0 Å². The first-order chi connectivity index (χ1) is 18.0. The molecule has 0 aliphatic heterocycles. The Balaban J connectivity index is 1.38. The summed E-state index contributed by atoms with van der Waals surface area (Å²) in [7, 11) is 0. The fraction of sp³-hybridized carbons (Fsp3) is 0.121. The number of hydrogen-bond acceptors (Lipinski definition) is 4. The number of ether oxygens (including phenoxy) is 1. The van der Waals surface area contributed by atoms with Crippen molar-refractivity contribution >= 4 is 22.7 Å². The number of ketones is 1. The van der Waals surface area contributed by atoms with E-state index in [1.807, 2.05) is 79.7 Å². The molecule has 0 saturated heterocycles. The zero-order valence-corrected chi connectivity index (χ0v) is 20.9. The number of esters is 1. The number of benzene rings is 4. The number of aryl methyl sites for hydroxylation is 2. The summed E-state index contributed by atoms with van der Waals surface area (Å²) >= 11 is 0. The van der Waals surface area contributed by atoms with Gasteiger partial charge in [-0.05, 0) is 48.2 Å². The fourth-order valence-electron chi connectivity index (χ4n) is 4.34. The molecule has 0 atom stereocenters. The molecule has 5 aromatic rings. The number of pyridine rings is 1. The van der Waals surface area contributed by atoms with Crippen LogP contribution in [0.3, 0.4) is 0 Å². The smallest absolute Gasteiger partial charge is 0.339 e. The quantitative estimate of drug-likeness (QED) is 0.177. The third kappa shape index (κ3) is 5.34.